The Morgan fingerprint density at radius 3 is 2.28 bits per heavy atom. The van der Waals surface area contributed by atoms with Crippen LogP contribution < -0.4 is 9.04 Å². The fourth-order valence-corrected chi connectivity index (χ4v) is 7.77. The first-order valence-electron chi connectivity index (χ1n) is 9.81. The lowest BCUT2D eigenvalue weighted by molar-refractivity contribution is -0.119. The summed E-state index contributed by atoms with van der Waals surface area (Å²) in [6.45, 7) is 8.34. The first kappa shape index (κ1) is 22.0. The first-order chi connectivity index (χ1) is 13.5. The lowest BCUT2D eigenvalue weighted by Crippen LogP contribution is -2.42. The van der Waals surface area contributed by atoms with Gasteiger partial charge in [0.2, 0.25) is 26.0 Å². The Morgan fingerprint density at radius 2 is 1.76 bits per heavy atom. The van der Waals surface area contributed by atoms with Gasteiger partial charge in [-0.25, -0.2) is 21.1 Å². The predicted molar refractivity (Wildman–Crippen MR) is 110 cm³/mol. The van der Waals surface area contributed by atoms with Crippen molar-refractivity contribution >= 4 is 31.6 Å². The molecule has 2 saturated heterocycles. The molecule has 29 heavy (non-hydrogen) atoms. The largest absolute Gasteiger partial charge is 0.492 e. The molecule has 1 unspecified atom stereocenters. The van der Waals surface area contributed by atoms with Crippen LogP contribution in [0.25, 0.3) is 0 Å². The molecule has 0 radical (unpaired) electrons. The molecule has 2 aliphatic rings. The molecular weight excluding hydrogens is 416 g/mol. The number of hydrogen-bond acceptors (Lipinski definition) is 6. The minimum absolute atomic E-state index is 0.0273. The quantitative estimate of drug-likeness (QED) is 0.689. The number of ether oxygens (including phenoxy) is 1. The van der Waals surface area contributed by atoms with Crippen LogP contribution in [-0.4, -0.2) is 52.5 Å². The molecule has 0 aliphatic carbocycles. The topological polar surface area (TPSA) is 101 Å². The molecule has 10 heteroatoms. The fraction of sp³-hybridized carbons (Fsp3) is 0.632. The molecule has 1 aromatic carbocycles. The smallest absolute Gasteiger partial charge is 0.246 e. The predicted octanol–water partition coefficient (Wildman–Crippen LogP) is 2.06. The molecule has 0 aromatic heterocycles. The molecule has 0 N–H and O–H groups in total. The SMILES string of the molecule is CCOc1ccc(N2C(=O)C(C)CS2(=O)=O)cc1S(=O)(=O)N1C[C@H](C)C[C@H](C)C1. The number of anilines is 1. The number of benzene rings is 1. The highest BCUT2D eigenvalue weighted by atomic mass is 32.2. The Morgan fingerprint density at radius 1 is 1.14 bits per heavy atom. The van der Waals surface area contributed by atoms with Crippen molar-refractivity contribution in [2.45, 2.75) is 39.0 Å². The van der Waals surface area contributed by atoms with E-state index >= 15 is 0 Å². The zero-order valence-electron chi connectivity index (χ0n) is 17.2. The zero-order valence-corrected chi connectivity index (χ0v) is 18.8. The lowest BCUT2D eigenvalue weighted by atomic mass is 9.94. The highest BCUT2D eigenvalue weighted by molar-refractivity contribution is 7.94. The Balaban J connectivity index is 2.10. The van der Waals surface area contributed by atoms with E-state index < -0.39 is 31.9 Å². The number of amides is 1. The van der Waals surface area contributed by atoms with Gasteiger partial charge in [-0.1, -0.05) is 20.8 Å². The zero-order chi connectivity index (χ0) is 21.6. The van der Waals surface area contributed by atoms with Crippen molar-refractivity contribution in [1.29, 1.82) is 0 Å². The Bertz CT molecular complexity index is 996. The number of piperidine rings is 1. The molecule has 162 valence electrons. The van der Waals surface area contributed by atoms with Crippen molar-refractivity contribution in [1.82, 2.24) is 4.31 Å². The normalized spacial score (nSPS) is 27.9. The maximum absolute atomic E-state index is 13.4. The second-order valence-corrected chi connectivity index (χ2v) is 11.9. The van der Waals surface area contributed by atoms with Crippen molar-refractivity contribution in [2.24, 2.45) is 17.8 Å². The van der Waals surface area contributed by atoms with Gasteiger partial charge in [-0.2, -0.15) is 4.31 Å². The van der Waals surface area contributed by atoms with Crippen LogP contribution >= 0.6 is 0 Å². The van der Waals surface area contributed by atoms with E-state index in [4.69, 9.17) is 4.74 Å². The molecule has 8 nitrogen and oxygen atoms in total. The molecule has 2 fully saturated rings. The van der Waals surface area contributed by atoms with E-state index in [1.54, 1.807) is 13.8 Å². The molecule has 3 atom stereocenters. The standard InChI is InChI=1S/C19H28N2O6S2/c1-5-27-17-7-6-16(21-19(22)15(4)12-28(21,23)24)9-18(17)29(25,26)20-10-13(2)8-14(3)11-20/h6-7,9,13-15H,5,8,10-12H2,1-4H3/t13-,14+,15?. The van der Waals surface area contributed by atoms with Gasteiger partial charge in [-0.05, 0) is 43.4 Å². The van der Waals surface area contributed by atoms with Gasteiger partial charge in [0.1, 0.15) is 10.6 Å². The third-order valence-electron chi connectivity index (χ3n) is 5.28. The molecule has 3 rings (SSSR count). The Hall–Kier alpha value is -1.65. The van der Waals surface area contributed by atoms with Crippen molar-refractivity contribution < 1.29 is 26.4 Å². The molecule has 1 amide bonds. The van der Waals surface area contributed by atoms with Crippen LogP contribution in [0.4, 0.5) is 5.69 Å². The van der Waals surface area contributed by atoms with E-state index in [-0.39, 0.29) is 40.5 Å². The Labute approximate surface area is 172 Å². The number of carbonyl (C=O) groups is 1. The molecule has 0 saturated carbocycles. The molecular formula is C19H28N2O6S2. The van der Waals surface area contributed by atoms with E-state index in [1.165, 1.54) is 22.5 Å². The fourth-order valence-electron chi connectivity index (χ4n) is 4.13. The van der Waals surface area contributed by atoms with Crippen LogP contribution in [0.2, 0.25) is 0 Å². The van der Waals surface area contributed by atoms with Gasteiger partial charge in [-0.15, -0.1) is 0 Å². The second kappa shape index (κ2) is 7.88. The van der Waals surface area contributed by atoms with Crippen LogP contribution in [-0.2, 0) is 24.8 Å². The van der Waals surface area contributed by atoms with Crippen LogP contribution in [0.1, 0.15) is 34.1 Å². The van der Waals surface area contributed by atoms with Crippen LogP contribution in [0.5, 0.6) is 5.75 Å². The van der Waals surface area contributed by atoms with Crippen LogP contribution in [0, 0.1) is 17.8 Å². The van der Waals surface area contributed by atoms with Crippen molar-refractivity contribution in [3.05, 3.63) is 18.2 Å². The highest BCUT2D eigenvalue weighted by Crippen LogP contribution is 2.36. The monoisotopic (exact) mass is 444 g/mol. The summed E-state index contributed by atoms with van der Waals surface area (Å²) in [6.07, 6.45) is 0.947. The average Bonchev–Trinajstić information content (AvgIpc) is 2.82. The highest BCUT2D eigenvalue weighted by Gasteiger charge is 2.43. The number of sulfonamides is 2. The van der Waals surface area contributed by atoms with Crippen molar-refractivity contribution in [3.8, 4) is 5.75 Å². The number of rotatable bonds is 5. The average molecular weight is 445 g/mol. The number of hydrogen-bond donors (Lipinski definition) is 0. The maximum atomic E-state index is 13.4. The summed E-state index contributed by atoms with van der Waals surface area (Å²) >= 11 is 0. The summed E-state index contributed by atoms with van der Waals surface area (Å²) in [5, 5.41) is 0. The van der Waals surface area contributed by atoms with Gasteiger partial charge in [0.15, 0.2) is 0 Å². The molecule has 1 aromatic rings. The summed E-state index contributed by atoms with van der Waals surface area (Å²) in [5.74, 6) is -0.933. The van der Waals surface area contributed by atoms with Gasteiger partial charge in [0.05, 0.1) is 24.0 Å². The van der Waals surface area contributed by atoms with Gasteiger partial charge in [0, 0.05) is 13.1 Å². The third-order valence-corrected chi connectivity index (χ3v) is 9.00. The van der Waals surface area contributed by atoms with E-state index in [0.29, 0.717) is 17.4 Å². The molecule has 2 aliphatic heterocycles. The summed E-state index contributed by atoms with van der Waals surface area (Å²) < 4.78 is 59.5. The molecule has 2 heterocycles. The summed E-state index contributed by atoms with van der Waals surface area (Å²) in [4.78, 5) is 12.3. The minimum atomic E-state index is -3.93. The lowest BCUT2D eigenvalue weighted by Gasteiger charge is -2.34. The van der Waals surface area contributed by atoms with E-state index in [9.17, 15) is 21.6 Å². The number of carbonyl (C=O) groups excluding carboxylic acids is 1. The van der Waals surface area contributed by atoms with Gasteiger partial charge < -0.3 is 4.74 Å². The van der Waals surface area contributed by atoms with Crippen LogP contribution in [0.3, 0.4) is 0 Å². The third kappa shape index (κ3) is 4.15. The minimum Gasteiger partial charge on any atom is -0.492 e. The summed E-state index contributed by atoms with van der Waals surface area (Å²) in [5.41, 5.74) is 0.0273. The van der Waals surface area contributed by atoms with Crippen molar-refractivity contribution in [2.75, 3.05) is 29.8 Å². The van der Waals surface area contributed by atoms with Crippen molar-refractivity contribution in [3.63, 3.8) is 0 Å². The van der Waals surface area contributed by atoms with Gasteiger partial charge >= 0.3 is 0 Å². The second-order valence-electron chi connectivity index (χ2n) is 8.11. The number of nitrogens with zero attached hydrogens (tertiary/aromatic N) is 2. The summed E-state index contributed by atoms with van der Waals surface area (Å²) in [7, 11) is -7.76. The van der Waals surface area contributed by atoms with E-state index in [0.717, 1.165) is 6.42 Å². The summed E-state index contributed by atoms with van der Waals surface area (Å²) in [6, 6.07) is 4.09. The first-order valence-corrected chi connectivity index (χ1v) is 12.9. The van der Waals surface area contributed by atoms with Gasteiger partial charge in [0.25, 0.3) is 0 Å². The molecule has 0 bridgehead atoms. The maximum Gasteiger partial charge on any atom is 0.246 e. The van der Waals surface area contributed by atoms with Gasteiger partial charge in [-0.3, -0.25) is 4.79 Å². The van der Waals surface area contributed by atoms with E-state index in [1.807, 2.05) is 13.8 Å². The molecule has 0 spiro atoms. The Kier molecular flexibility index (Phi) is 5.99. The van der Waals surface area contributed by atoms with E-state index in [2.05, 4.69) is 0 Å². The van der Waals surface area contributed by atoms with Crippen LogP contribution in [0.15, 0.2) is 23.1 Å².